The highest BCUT2D eigenvalue weighted by Crippen LogP contribution is 2.23. The Balaban J connectivity index is 1.48. The van der Waals surface area contributed by atoms with Crippen molar-refractivity contribution in [2.45, 2.75) is 44.4 Å². The zero-order chi connectivity index (χ0) is 16.8. The molecule has 3 rings (SSSR count). The van der Waals surface area contributed by atoms with Gasteiger partial charge in [-0.15, -0.1) is 0 Å². The van der Waals surface area contributed by atoms with Gasteiger partial charge in [0.2, 0.25) is 5.91 Å². The molecule has 1 aromatic rings. The Bertz CT molecular complexity index is 529. The molecule has 1 amide bonds. The summed E-state index contributed by atoms with van der Waals surface area (Å²) in [4.78, 5) is 15.0. The first-order valence-corrected chi connectivity index (χ1v) is 9.13. The minimum atomic E-state index is -0.363. The van der Waals surface area contributed by atoms with Crippen LogP contribution < -0.4 is 10.6 Å². The molecule has 2 aliphatic rings. The van der Waals surface area contributed by atoms with E-state index in [9.17, 15) is 4.79 Å². The topological polar surface area (TPSA) is 53.6 Å². The summed E-state index contributed by atoms with van der Waals surface area (Å²) in [5.41, 5.74) is 0.959. The van der Waals surface area contributed by atoms with Crippen LogP contribution in [0.3, 0.4) is 0 Å². The quantitative estimate of drug-likeness (QED) is 0.830. The van der Waals surface area contributed by atoms with E-state index in [0.717, 1.165) is 52.0 Å². The highest BCUT2D eigenvalue weighted by atomic mass is 16.5. The first kappa shape index (κ1) is 17.4. The third kappa shape index (κ3) is 4.15. The predicted octanol–water partition coefficient (Wildman–Crippen LogP) is 1.54. The number of hydrogen-bond donors (Lipinski definition) is 2. The Kier molecular flexibility index (Phi) is 5.87. The van der Waals surface area contributed by atoms with E-state index >= 15 is 0 Å². The van der Waals surface area contributed by atoms with Gasteiger partial charge in [0.05, 0.1) is 18.2 Å². The predicted molar refractivity (Wildman–Crippen MR) is 94.7 cm³/mol. The van der Waals surface area contributed by atoms with Crippen molar-refractivity contribution in [2.24, 2.45) is 0 Å². The van der Waals surface area contributed by atoms with Crippen LogP contribution in [0.1, 0.15) is 31.7 Å². The number of ether oxygens (including phenoxy) is 1. The van der Waals surface area contributed by atoms with Crippen molar-refractivity contribution in [2.75, 3.05) is 32.8 Å². The molecular formula is C19H29N3O2. The molecule has 2 unspecified atom stereocenters. The minimum absolute atomic E-state index is 0.0710. The average Bonchev–Trinajstić information content (AvgIpc) is 3.11. The number of amides is 1. The maximum absolute atomic E-state index is 12.6. The fourth-order valence-electron chi connectivity index (χ4n) is 3.73. The number of morpholine rings is 1. The Morgan fingerprint density at radius 3 is 2.96 bits per heavy atom. The summed E-state index contributed by atoms with van der Waals surface area (Å²) in [5, 5.41) is 6.50. The van der Waals surface area contributed by atoms with Gasteiger partial charge >= 0.3 is 0 Å². The van der Waals surface area contributed by atoms with Crippen molar-refractivity contribution in [3.63, 3.8) is 0 Å². The molecule has 2 heterocycles. The highest BCUT2D eigenvalue weighted by Gasteiger charge is 2.39. The number of carbonyl (C=O) groups excluding carboxylic acids is 1. The molecule has 0 bridgehead atoms. The Labute approximate surface area is 144 Å². The van der Waals surface area contributed by atoms with Crippen LogP contribution in [-0.2, 0) is 16.1 Å². The molecule has 24 heavy (non-hydrogen) atoms. The standard InChI is InChI=1S/C19H29N3O2/c1-2-19(9-6-10-21-19)18(23)20-13-17-15-22(11-12-24-17)14-16-7-4-3-5-8-16/h3-5,7-8,17,21H,2,6,9-15H2,1H3,(H,20,23). The van der Waals surface area contributed by atoms with Gasteiger partial charge in [-0.05, 0) is 31.4 Å². The normalized spacial score (nSPS) is 28.0. The van der Waals surface area contributed by atoms with Crippen molar-refractivity contribution in [1.29, 1.82) is 0 Å². The molecule has 2 N–H and O–H groups in total. The zero-order valence-corrected chi connectivity index (χ0v) is 14.6. The van der Waals surface area contributed by atoms with Crippen LogP contribution in [0.15, 0.2) is 30.3 Å². The third-order valence-electron chi connectivity index (χ3n) is 5.24. The van der Waals surface area contributed by atoms with E-state index in [2.05, 4.69) is 46.7 Å². The average molecular weight is 331 g/mol. The smallest absolute Gasteiger partial charge is 0.240 e. The lowest BCUT2D eigenvalue weighted by atomic mass is 9.93. The van der Waals surface area contributed by atoms with Crippen LogP contribution >= 0.6 is 0 Å². The first-order valence-electron chi connectivity index (χ1n) is 9.13. The van der Waals surface area contributed by atoms with E-state index in [1.807, 2.05) is 6.07 Å². The maximum atomic E-state index is 12.6. The lowest BCUT2D eigenvalue weighted by Gasteiger charge is -2.34. The van der Waals surface area contributed by atoms with Crippen LogP contribution in [0, 0.1) is 0 Å². The first-order chi connectivity index (χ1) is 11.7. The van der Waals surface area contributed by atoms with Crippen LogP contribution in [0.2, 0.25) is 0 Å². The van der Waals surface area contributed by atoms with Gasteiger partial charge in [-0.3, -0.25) is 9.69 Å². The molecule has 0 saturated carbocycles. The molecule has 2 atom stereocenters. The van der Waals surface area contributed by atoms with Gasteiger partial charge in [0.1, 0.15) is 0 Å². The van der Waals surface area contributed by atoms with Crippen molar-refractivity contribution in [1.82, 2.24) is 15.5 Å². The molecule has 0 radical (unpaired) electrons. The van der Waals surface area contributed by atoms with Crippen LogP contribution in [-0.4, -0.2) is 55.2 Å². The second-order valence-electron chi connectivity index (χ2n) is 6.89. The number of hydrogen-bond acceptors (Lipinski definition) is 4. The van der Waals surface area contributed by atoms with Crippen LogP contribution in [0.25, 0.3) is 0 Å². The third-order valence-corrected chi connectivity index (χ3v) is 5.24. The van der Waals surface area contributed by atoms with E-state index in [4.69, 9.17) is 4.74 Å². The van der Waals surface area contributed by atoms with Gasteiger partial charge in [-0.1, -0.05) is 37.3 Å². The summed E-state index contributed by atoms with van der Waals surface area (Å²) in [5.74, 6) is 0.131. The summed E-state index contributed by atoms with van der Waals surface area (Å²) in [6.45, 7) is 7.08. The zero-order valence-electron chi connectivity index (χ0n) is 14.6. The monoisotopic (exact) mass is 331 g/mol. The number of nitrogens with one attached hydrogen (secondary N) is 2. The van der Waals surface area contributed by atoms with Crippen LogP contribution in [0.4, 0.5) is 0 Å². The van der Waals surface area contributed by atoms with Crippen LogP contribution in [0.5, 0.6) is 0 Å². The van der Waals surface area contributed by atoms with Crippen molar-refractivity contribution in [3.8, 4) is 0 Å². The van der Waals surface area contributed by atoms with Gasteiger partial charge in [0.25, 0.3) is 0 Å². The van der Waals surface area contributed by atoms with Crippen molar-refractivity contribution in [3.05, 3.63) is 35.9 Å². The van der Waals surface area contributed by atoms with E-state index in [1.165, 1.54) is 5.56 Å². The summed E-state index contributed by atoms with van der Waals surface area (Å²) < 4.78 is 5.85. The molecule has 2 fully saturated rings. The Morgan fingerprint density at radius 2 is 2.25 bits per heavy atom. The molecule has 2 saturated heterocycles. The fourth-order valence-corrected chi connectivity index (χ4v) is 3.73. The summed E-state index contributed by atoms with van der Waals surface area (Å²) in [7, 11) is 0. The Hall–Kier alpha value is -1.43. The molecule has 5 heteroatoms. The Morgan fingerprint density at radius 1 is 1.42 bits per heavy atom. The number of carbonyl (C=O) groups is 1. The molecule has 2 aliphatic heterocycles. The fraction of sp³-hybridized carbons (Fsp3) is 0.632. The number of benzene rings is 1. The molecule has 5 nitrogen and oxygen atoms in total. The highest BCUT2D eigenvalue weighted by molar-refractivity contribution is 5.86. The molecule has 0 aromatic heterocycles. The molecule has 132 valence electrons. The molecule has 0 spiro atoms. The molecule has 0 aliphatic carbocycles. The van der Waals surface area contributed by atoms with Gasteiger partial charge < -0.3 is 15.4 Å². The summed E-state index contributed by atoms with van der Waals surface area (Å²) in [6, 6.07) is 10.5. The maximum Gasteiger partial charge on any atom is 0.240 e. The second-order valence-corrected chi connectivity index (χ2v) is 6.89. The lowest BCUT2D eigenvalue weighted by Crippen LogP contribution is -2.55. The lowest BCUT2D eigenvalue weighted by molar-refractivity contribution is -0.128. The van der Waals surface area contributed by atoms with Gasteiger partial charge in [0.15, 0.2) is 0 Å². The van der Waals surface area contributed by atoms with E-state index < -0.39 is 0 Å². The van der Waals surface area contributed by atoms with Gasteiger partial charge in [-0.2, -0.15) is 0 Å². The van der Waals surface area contributed by atoms with E-state index in [1.54, 1.807) is 0 Å². The van der Waals surface area contributed by atoms with Crippen molar-refractivity contribution < 1.29 is 9.53 Å². The van der Waals surface area contributed by atoms with Gasteiger partial charge in [0, 0.05) is 26.2 Å². The largest absolute Gasteiger partial charge is 0.374 e. The van der Waals surface area contributed by atoms with E-state index in [-0.39, 0.29) is 17.6 Å². The number of rotatable bonds is 6. The minimum Gasteiger partial charge on any atom is -0.374 e. The summed E-state index contributed by atoms with van der Waals surface area (Å²) >= 11 is 0. The van der Waals surface area contributed by atoms with E-state index in [0.29, 0.717) is 6.54 Å². The summed E-state index contributed by atoms with van der Waals surface area (Å²) in [6.07, 6.45) is 2.92. The second kappa shape index (κ2) is 8.10. The number of nitrogens with zero attached hydrogens (tertiary/aromatic N) is 1. The molecular weight excluding hydrogens is 302 g/mol. The SMILES string of the molecule is CCC1(C(=O)NCC2CN(Cc3ccccc3)CCO2)CCCN1. The van der Waals surface area contributed by atoms with Crippen molar-refractivity contribution >= 4 is 5.91 Å². The van der Waals surface area contributed by atoms with Gasteiger partial charge in [-0.25, -0.2) is 0 Å². The molecule has 1 aromatic carbocycles.